The number of rotatable bonds is 4. The highest BCUT2D eigenvalue weighted by molar-refractivity contribution is 5.22. The number of nitrogens with two attached hydrogens (primary N) is 1. The molecule has 1 aromatic rings. The molecule has 100 valence electrons. The van der Waals surface area contributed by atoms with Gasteiger partial charge in [0, 0.05) is 0 Å². The lowest BCUT2D eigenvalue weighted by Gasteiger charge is -2.28. The molecule has 0 aliphatic heterocycles. The Morgan fingerprint density at radius 2 is 1.78 bits per heavy atom. The standard InChI is InChI=1S/C15H21F2N/c16-14-8-7-13(10-15(14)17)12-5-3-11(4-6-12)2-1-9-18/h7-8,10-12H,1-6,9,18H2. The van der Waals surface area contributed by atoms with Crippen LogP contribution in [0.3, 0.4) is 0 Å². The predicted molar refractivity (Wildman–Crippen MR) is 69.3 cm³/mol. The minimum Gasteiger partial charge on any atom is -0.330 e. The van der Waals surface area contributed by atoms with E-state index in [1.165, 1.54) is 31.4 Å². The van der Waals surface area contributed by atoms with E-state index in [0.717, 1.165) is 37.3 Å². The molecule has 0 bridgehead atoms. The summed E-state index contributed by atoms with van der Waals surface area (Å²) in [6.45, 7) is 0.767. The molecule has 0 unspecified atom stereocenters. The van der Waals surface area contributed by atoms with Gasteiger partial charge in [0.15, 0.2) is 11.6 Å². The first-order chi connectivity index (χ1) is 8.70. The van der Waals surface area contributed by atoms with Crippen LogP contribution in [0.15, 0.2) is 18.2 Å². The van der Waals surface area contributed by atoms with Crippen LogP contribution in [-0.4, -0.2) is 6.54 Å². The lowest BCUT2D eigenvalue weighted by molar-refractivity contribution is 0.305. The maximum atomic E-state index is 13.2. The first kappa shape index (κ1) is 13.5. The van der Waals surface area contributed by atoms with E-state index in [2.05, 4.69) is 0 Å². The zero-order valence-corrected chi connectivity index (χ0v) is 10.7. The van der Waals surface area contributed by atoms with Gasteiger partial charge in [-0.1, -0.05) is 6.07 Å². The van der Waals surface area contributed by atoms with Gasteiger partial charge < -0.3 is 5.73 Å². The Morgan fingerprint density at radius 3 is 2.39 bits per heavy atom. The second-order valence-electron chi connectivity index (χ2n) is 5.32. The van der Waals surface area contributed by atoms with Gasteiger partial charge in [-0.3, -0.25) is 0 Å². The van der Waals surface area contributed by atoms with Gasteiger partial charge in [0.05, 0.1) is 0 Å². The van der Waals surface area contributed by atoms with Gasteiger partial charge in [-0.2, -0.15) is 0 Å². The fraction of sp³-hybridized carbons (Fsp3) is 0.600. The van der Waals surface area contributed by atoms with Crippen LogP contribution in [0, 0.1) is 17.6 Å². The van der Waals surface area contributed by atoms with Crippen LogP contribution in [0.2, 0.25) is 0 Å². The Morgan fingerprint density at radius 1 is 1.06 bits per heavy atom. The summed E-state index contributed by atoms with van der Waals surface area (Å²) in [5, 5.41) is 0. The van der Waals surface area contributed by atoms with Crippen molar-refractivity contribution >= 4 is 0 Å². The molecule has 0 radical (unpaired) electrons. The van der Waals surface area contributed by atoms with E-state index in [-0.39, 0.29) is 0 Å². The van der Waals surface area contributed by atoms with Crippen molar-refractivity contribution in [3.05, 3.63) is 35.4 Å². The Labute approximate surface area is 107 Å². The summed E-state index contributed by atoms with van der Waals surface area (Å²) in [4.78, 5) is 0. The first-order valence-electron chi connectivity index (χ1n) is 6.85. The molecule has 2 rings (SSSR count). The molecule has 3 heteroatoms. The van der Waals surface area contributed by atoms with Crippen LogP contribution in [0.5, 0.6) is 0 Å². The molecule has 0 heterocycles. The highest BCUT2D eigenvalue weighted by Gasteiger charge is 2.22. The van der Waals surface area contributed by atoms with Crippen LogP contribution < -0.4 is 5.73 Å². The normalized spacial score (nSPS) is 24.2. The average Bonchev–Trinajstić information content (AvgIpc) is 2.40. The minimum absolute atomic E-state index is 0.397. The van der Waals surface area contributed by atoms with Crippen molar-refractivity contribution in [3.8, 4) is 0 Å². The summed E-state index contributed by atoms with van der Waals surface area (Å²) in [6, 6.07) is 4.33. The topological polar surface area (TPSA) is 26.0 Å². The average molecular weight is 253 g/mol. The number of hydrogen-bond donors (Lipinski definition) is 1. The number of hydrogen-bond acceptors (Lipinski definition) is 1. The van der Waals surface area contributed by atoms with Gasteiger partial charge in [-0.25, -0.2) is 8.78 Å². The monoisotopic (exact) mass is 253 g/mol. The molecule has 1 fully saturated rings. The third-order valence-electron chi connectivity index (χ3n) is 4.08. The fourth-order valence-corrected chi connectivity index (χ4v) is 2.96. The molecule has 1 nitrogen and oxygen atoms in total. The van der Waals surface area contributed by atoms with E-state index in [1.807, 2.05) is 0 Å². The zero-order valence-electron chi connectivity index (χ0n) is 10.7. The van der Waals surface area contributed by atoms with Crippen molar-refractivity contribution < 1.29 is 8.78 Å². The Hall–Kier alpha value is -0.960. The van der Waals surface area contributed by atoms with Crippen molar-refractivity contribution in [2.75, 3.05) is 6.54 Å². The van der Waals surface area contributed by atoms with E-state index in [4.69, 9.17) is 5.73 Å². The van der Waals surface area contributed by atoms with E-state index in [1.54, 1.807) is 6.07 Å². The van der Waals surface area contributed by atoms with Gasteiger partial charge in [0.1, 0.15) is 0 Å². The van der Waals surface area contributed by atoms with E-state index >= 15 is 0 Å². The van der Waals surface area contributed by atoms with Crippen molar-refractivity contribution in [3.63, 3.8) is 0 Å². The van der Waals surface area contributed by atoms with Crippen molar-refractivity contribution in [2.24, 2.45) is 11.7 Å². The van der Waals surface area contributed by atoms with E-state index in [9.17, 15) is 8.78 Å². The van der Waals surface area contributed by atoms with Gasteiger partial charge in [-0.15, -0.1) is 0 Å². The first-order valence-corrected chi connectivity index (χ1v) is 6.85. The third kappa shape index (κ3) is 3.29. The molecule has 1 saturated carbocycles. The maximum absolute atomic E-state index is 13.2. The summed E-state index contributed by atoms with van der Waals surface area (Å²) in [6.07, 6.45) is 6.84. The highest BCUT2D eigenvalue weighted by atomic mass is 19.2. The molecule has 0 aromatic heterocycles. The second kappa shape index (κ2) is 6.28. The van der Waals surface area contributed by atoms with Crippen molar-refractivity contribution in [1.29, 1.82) is 0 Å². The highest BCUT2D eigenvalue weighted by Crippen LogP contribution is 2.37. The molecule has 1 aromatic carbocycles. The van der Waals surface area contributed by atoms with Crippen LogP contribution >= 0.6 is 0 Å². The molecule has 2 N–H and O–H groups in total. The fourth-order valence-electron chi connectivity index (χ4n) is 2.96. The SMILES string of the molecule is NCCCC1CCC(c2ccc(F)c(F)c2)CC1. The summed E-state index contributed by atoms with van der Waals surface area (Å²) in [5.74, 6) is -0.308. The third-order valence-corrected chi connectivity index (χ3v) is 4.08. The van der Waals surface area contributed by atoms with Crippen LogP contribution in [0.4, 0.5) is 8.78 Å². The smallest absolute Gasteiger partial charge is 0.159 e. The van der Waals surface area contributed by atoms with Crippen molar-refractivity contribution in [2.45, 2.75) is 44.4 Å². The largest absolute Gasteiger partial charge is 0.330 e. The summed E-state index contributed by atoms with van der Waals surface area (Å²) in [7, 11) is 0. The van der Waals surface area contributed by atoms with Gasteiger partial charge in [0.2, 0.25) is 0 Å². The Balaban J connectivity index is 1.90. The lowest BCUT2D eigenvalue weighted by Crippen LogP contribution is -2.14. The van der Waals surface area contributed by atoms with Gasteiger partial charge in [-0.05, 0) is 74.6 Å². The van der Waals surface area contributed by atoms with E-state index in [0.29, 0.717) is 5.92 Å². The second-order valence-corrected chi connectivity index (χ2v) is 5.32. The molecular formula is C15H21F2N. The summed E-state index contributed by atoms with van der Waals surface area (Å²) >= 11 is 0. The summed E-state index contributed by atoms with van der Waals surface area (Å²) < 4.78 is 26.1. The Bertz CT molecular complexity index is 384. The molecule has 18 heavy (non-hydrogen) atoms. The minimum atomic E-state index is -0.754. The maximum Gasteiger partial charge on any atom is 0.159 e. The Kier molecular flexibility index (Phi) is 4.70. The van der Waals surface area contributed by atoms with Gasteiger partial charge >= 0.3 is 0 Å². The molecule has 1 aliphatic rings. The molecular weight excluding hydrogens is 232 g/mol. The van der Waals surface area contributed by atoms with Gasteiger partial charge in [0.25, 0.3) is 0 Å². The van der Waals surface area contributed by atoms with Crippen LogP contribution in [-0.2, 0) is 0 Å². The van der Waals surface area contributed by atoms with Crippen LogP contribution in [0.25, 0.3) is 0 Å². The van der Waals surface area contributed by atoms with Crippen LogP contribution in [0.1, 0.15) is 50.0 Å². The molecule has 0 amide bonds. The molecule has 0 saturated heterocycles. The molecule has 0 atom stereocenters. The lowest BCUT2D eigenvalue weighted by atomic mass is 9.77. The predicted octanol–water partition coefficient (Wildman–Crippen LogP) is 3.98. The zero-order chi connectivity index (χ0) is 13.0. The molecule has 0 spiro atoms. The van der Waals surface area contributed by atoms with Crippen molar-refractivity contribution in [1.82, 2.24) is 0 Å². The number of halogens is 2. The quantitative estimate of drug-likeness (QED) is 0.863. The van der Waals surface area contributed by atoms with E-state index < -0.39 is 11.6 Å². The summed E-state index contributed by atoms with van der Waals surface area (Å²) in [5.41, 5.74) is 6.47. The number of benzene rings is 1. The molecule has 1 aliphatic carbocycles.